The number of carbonyl (C=O) groups is 2. The van der Waals surface area contributed by atoms with Gasteiger partial charge in [-0.2, -0.15) is 0 Å². The van der Waals surface area contributed by atoms with Crippen molar-refractivity contribution in [3.63, 3.8) is 0 Å². The minimum absolute atomic E-state index is 0.0923. The van der Waals surface area contributed by atoms with Crippen LogP contribution in [-0.4, -0.2) is 46.1 Å². The Morgan fingerprint density at radius 2 is 2.07 bits per heavy atom. The molecule has 0 atom stereocenters. The Balaban J connectivity index is 1.52. The van der Waals surface area contributed by atoms with Crippen molar-refractivity contribution >= 4 is 23.8 Å². The minimum atomic E-state index is -0.575. The van der Waals surface area contributed by atoms with Gasteiger partial charge in [-0.1, -0.05) is 0 Å². The van der Waals surface area contributed by atoms with Gasteiger partial charge in [0.05, 0.1) is 12.7 Å². The molecule has 0 unspecified atom stereocenters. The van der Waals surface area contributed by atoms with E-state index in [-0.39, 0.29) is 23.6 Å². The summed E-state index contributed by atoms with van der Waals surface area (Å²) in [7, 11) is 0. The summed E-state index contributed by atoms with van der Waals surface area (Å²) in [6, 6.07) is 3.31. The number of rotatable bonds is 5. The van der Waals surface area contributed by atoms with E-state index in [0.717, 1.165) is 19.0 Å². The molecule has 4 rings (SSSR count). The number of pyridine rings is 1. The fraction of sp³-hybridized carbons (Fsp3) is 0.421. The molecule has 3 heterocycles. The molecule has 10 heteroatoms. The SMILES string of the molecule is NC(=O)C1CCC(Nc2ncc(F)c(-c3ccnc(N4CCOC4=O)c3)n2)CC1. The molecule has 0 radical (unpaired) electrons. The molecule has 9 nitrogen and oxygen atoms in total. The highest BCUT2D eigenvalue weighted by atomic mass is 19.1. The minimum Gasteiger partial charge on any atom is -0.447 e. The van der Waals surface area contributed by atoms with Gasteiger partial charge in [-0.05, 0) is 37.8 Å². The van der Waals surface area contributed by atoms with Crippen LogP contribution in [0.15, 0.2) is 24.5 Å². The molecule has 2 aromatic heterocycles. The maximum Gasteiger partial charge on any atom is 0.415 e. The van der Waals surface area contributed by atoms with Crippen LogP contribution in [0.25, 0.3) is 11.3 Å². The van der Waals surface area contributed by atoms with E-state index in [1.54, 1.807) is 12.1 Å². The van der Waals surface area contributed by atoms with Gasteiger partial charge in [0.2, 0.25) is 11.9 Å². The number of aromatic nitrogens is 3. The number of ether oxygens (including phenoxy) is 1. The van der Waals surface area contributed by atoms with E-state index in [9.17, 15) is 14.0 Å². The number of cyclic esters (lactones) is 1. The van der Waals surface area contributed by atoms with Crippen molar-refractivity contribution in [2.45, 2.75) is 31.7 Å². The lowest BCUT2D eigenvalue weighted by atomic mass is 9.86. The Hall–Kier alpha value is -3.30. The van der Waals surface area contributed by atoms with Crippen molar-refractivity contribution in [1.29, 1.82) is 0 Å². The zero-order valence-electron chi connectivity index (χ0n) is 15.7. The first-order valence-corrected chi connectivity index (χ1v) is 9.50. The highest BCUT2D eigenvalue weighted by Crippen LogP contribution is 2.28. The predicted molar refractivity (Wildman–Crippen MR) is 102 cm³/mol. The lowest BCUT2D eigenvalue weighted by Gasteiger charge is -2.27. The fourth-order valence-electron chi connectivity index (χ4n) is 3.66. The average Bonchev–Trinajstić information content (AvgIpc) is 3.16. The van der Waals surface area contributed by atoms with Crippen molar-refractivity contribution < 1.29 is 18.7 Å². The number of hydrogen-bond donors (Lipinski definition) is 2. The zero-order chi connectivity index (χ0) is 20.4. The van der Waals surface area contributed by atoms with Gasteiger partial charge in [0.1, 0.15) is 18.1 Å². The summed E-state index contributed by atoms with van der Waals surface area (Å²) >= 11 is 0. The lowest BCUT2D eigenvalue weighted by Crippen LogP contribution is -2.32. The molecule has 29 heavy (non-hydrogen) atoms. The van der Waals surface area contributed by atoms with Gasteiger partial charge in [-0.3, -0.25) is 9.69 Å². The van der Waals surface area contributed by atoms with Crippen molar-refractivity contribution in [2.75, 3.05) is 23.4 Å². The Labute approximate surface area is 166 Å². The number of carbonyl (C=O) groups excluding carboxylic acids is 2. The number of hydrogen-bond acceptors (Lipinski definition) is 7. The van der Waals surface area contributed by atoms with Crippen molar-refractivity contribution in [1.82, 2.24) is 15.0 Å². The van der Waals surface area contributed by atoms with Gasteiger partial charge >= 0.3 is 6.09 Å². The molecule has 1 aliphatic carbocycles. The summed E-state index contributed by atoms with van der Waals surface area (Å²) in [6.45, 7) is 0.682. The molecule has 3 N–H and O–H groups in total. The molecule has 2 aromatic rings. The van der Waals surface area contributed by atoms with E-state index < -0.39 is 11.9 Å². The number of amides is 2. The number of nitrogens with two attached hydrogens (primary N) is 1. The second-order valence-electron chi connectivity index (χ2n) is 7.15. The standard InChI is InChI=1S/C19H21FN6O3/c20-14-10-23-18(24-13-3-1-11(2-4-13)17(21)27)25-16(14)12-5-6-22-15(9-12)26-7-8-29-19(26)28/h5-6,9-11,13H,1-4,7-8H2,(H2,21,27)(H,23,24,25). The molecule has 1 saturated heterocycles. The third kappa shape index (κ3) is 4.10. The molecule has 2 aliphatic rings. The summed E-state index contributed by atoms with van der Waals surface area (Å²) in [5.74, 6) is -0.247. The number of nitrogens with zero attached hydrogens (tertiary/aromatic N) is 4. The summed E-state index contributed by atoms with van der Waals surface area (Å²) in [4.78, 5) is 37.0. The highest BCUT2D eigenvalue weighted by Gasteiger charge is 2.26. The second-order valence-corrected chi connectivity index (χ2v) is 7.15. The fourth-order valence-corrected chi connectivity index (χ4v) is 3.66. The highest BCUT2D eigenvalue weighted by molar-refractivity contribution is 5.88. The molecule has 0 spiro atoms. The Morgan fingerprint density at radius 1 is 1.28 bits per heavy atom. The normalized spacial score (nSPS) is 21.7. The first kappa shape index (κ1) is 19.0. The van der Waals surface area contributed by atoms with Crippen molar-refractivity contribution in [3.8, 4) is 11.3 Å². The molecular formula is C19H21FN6O3. The van der Waals surface area contributed by atoms with Crippen LogP contribution in [-0.2, 0) is 9.53 Å². The van der Waals surface area contributed by atoms with Gasteiger partial charge in [-0.15, -0.1) is 0 Å². The van der Waals surface area contributed by atoms with Crippen LogP contribution >= 0.6 is 0 Å². The number of primary amides is 1. The van der Waals surface area contributed by atoms with Crippen LogP contribution in [0.1, 0.15) is 25.7 Å². The molecule has 2 fully saturated rings. The lowest BCUT2D eigenvalue weighted by molar-refractivity contribution is -0.122. The van der Waals surface area contributed by atoms with Crippen LogP contribution in [0.5, 0.6) is 0 Å². The van der Waals surface area contributed by atoms with E-state index >= 15 is 0 Å². The third-order valence-electron chi connectivity index (χ3n) is 5.26. The van der Waals surface area contributed by atoms with Crippen LogP contribution in [0, 0.1) is 11.7 Å². The van der Waals surface area contributed by atoms with Crippen molar-refractivity contribution in [2.24, 2.45) is 11.7 Å². The maximum absolute atomic E-state index is 14.4. The van der Waals surface area contributed by atoms with Crippen LogP contribution in [0.4, 0.5) is 21.0 Å². The van der Waals surface area contributed by atoms with Gasteiger partial charge in [0.25, 0.3) is 0 Å². The zero-order valence-corrected chi connectivity index (χ0v) is 15.7. The topological polar surface area (TPSA) is 123 Å². The summed E-state index contributed by atoms with van der Waals surface area (Å²) in [5.41, 5.74) is 5.97. The molecule has 152 valence electrons. The van der Waals surface area contributed by atoms with Crippen LogP contribution in [0.2, 0.25) is 0 Å². The molecule has 1 saturated carbocycles. The van der Waals surface area contributed by atoms with E-state index in [1.165, 1.54) is 11.1 Å². The largest absolute Gasteiger partial charge is 0.447 e. The van der Waals surface area contributed by atoms with E-state index in [2.05, 4.69) is 20.3 Å². The summed E-state index contributed by atoms with van der Waals surface area (Å²) in [6.07, 6.45) is 5.08. The van der Waals surface area contributed by atoms with Gasteiger partial charge in [-0.25, -0.2) is 24.1 Å². The smallest absolute Gasteiger partial charge is 0.415 e. The van der Waals surface area contributed by atoms with Crippen LogP contribution < -0.4 is 16.0 Å². The number of halogens is 1. The van der Waals surface area contributed by atoms with Crippen LogP contribution in [0.3, 0.4) is 0 Å². The quantitative estimate of drug-likeness (QED) is 0.788. The van der Waals surface area contributed by atoms with Gasteiger partial charge in [0.15, 0.2) is 5.82 Å². The van der Waals surface area contributed by atoms with Gasteiger partial charge < -0.3 is 15.8 Å². The number of nitrogens with one attached hydrogen (secondary N) is 1. The number of anilines is 2. The van der Waals surface area contributed by atoms with Crippen molar-refractivity contribution in [3.05, 3.63) is 30.3 Å². The molecular weight excluding hydrogens is 379 g/mol. The molecule has 0 bridgehead atoms. The summed E-state index contributed by atoms with van der Waals surface area (Å²) < 4.78 is 19.4. The Bertz CT molecular complexity index is 932. The first-order chi connectivity index (χ1) is 14.0. The third-order valence-corrected chi connectivity index (χ3v) is 5.26. The molecule has 2 amide bonds. The average molecular weight is 400 g/mol. The Kier molecular flexibility index (Phi) is 5.24. The van der Waals surface area contributed by atoms with E-state index in [0.29, 0.717) is 43.3 Å². The van der Waals surface area contributed by atoms with E-state index in [1.807, 2.05) is 0 Å². The monoisotopic (exact) mass is 400 g/mol. The predicted octanol–water partition coefficient (Wildman–Crippen LogP) is 2.09. The first-order valence-electron chi connectivity index (χ1n) is 9.50. The maximum atomic E-state index is 14.4. The van der Waals surface area contributed by atoms with Gasteiger partial charge in [0, 0.05) is 23.7 Å². The Morgan fingerprint density at radius 3 is 2.76 bits per heavy atom. The summed E-state index contributed by atoms with van der Waals surface area (Å²) in [5, 5.41) is 3.21. The second kappa shape index (κ2) is 7.98. The molecule has 1 aliphatic heterocycles. The molecule has 0 aromatic carbocycles. The van der Waals surface area contributed by atoms with E-state index in [4.69, 9.17) is 10.5 Å².